The molecule has 0 unspecified atom stereocenters. The molecule has 0 saturated carbocycles. The van der Waals surface area contributed by atoms with Crippen molar-refractivity contribution in [1.82, 2.24) is 0 Å². The maximum atomic E-state index is 10.9. The topological polar surface area (TPSA) is 105 Å². The number of nitrogens with zero attached hydrogens (tertiary/aromatic N) is 2. The number of nitro benzene ring substituents is 2. The third kappa shape index (κ3) is 3.55. The van der Waals surface area contributed by atoms with Gasteiger partial charge in [0, 0.05) is 0 Å². The van der Waals surface area contributed by atoms with Gasteiger partial charge in [-0.3, -0.25) is 20.2 Å². The molecule has 0 aliphatic heterocycles. The van der Waals surface area contributed by atoms with Crippen LogP contribution in [0, 0.1) is 20.2 Å². The van der Waals surface area contributed by atoms with Crippen LogP contribution < -0.4 is 9.47 Å². The van der Waals surface area contributed by atoms with Crippen molar-refractivity contribution in [1.29, 1.82) is 0 Å². The number of rotatable bonds is 8. The lowest BCUT2D eigenvalue weighted by molar-refractivity contribution is -0.390. The summed E-state index contributed by atoms with van der Waals surface area (Å²) in [5.41, 5.74) is -0.840. The van der Waals surface area contributed by atoms with E-state index in [1.807, 2.05) is 0 Å². The maximum Gasteiger partial charge on any atom is 0.315 e. The van der Waals surface area contributed by atoms with Crippen molar-refractivity contribution in [3.05, 3.63) is 57.7 Å². The zero-order chi connectivity index (χ0) is 15.1. The smallest absolute Gasteiger partial charge is 0.315 e. The minimum absolute atomic E-state index is 0.00907. The van der Waals surface area contributed by atoms with Crippen LogP contribution in [0.3, 0.4) is 0 Å². The van der Waals surface area contributed by atoms with Gasteiger partial charge in [-0.1, -0.05) is 25.3 Å². The Kier molecular flexibility index (Phi) is 5.21. The van der Waals surface area contributed by atoms with E-state index in [9.17, 15) is 20.2 Å². The molecule has 0 spiro atoms. The molecule has 0 saturated heterocycles. The number of ether oxygens (including phenoxy) is 2. The lowest BCUT2D eigenvalue weighted by Gasteiger charge is -2.08. The van der Waals surface area contributed by atoms with Crippen LogP contribution in [0.15, 0.2) is 37.4 Å². The molecule has 0 aromatic heterocycles. The molecule has 0 amide bonds. The molecule has 8 heteroatoms. The number of hydrogen-bond donors (Lipinski definition) is 0. The van der Waals surface area contributed by atoms with E-state index < -0.39 is 21.2 Å². The molecule has 0 fully saturated rings. The normalized spacial score (nSPS) is 9.60. The van der Waals surface area contributed by atoms with Crippen molar-refractivity contribution >= 4 is 11.4 Å². The highest BCUT2D eigenvalue weighted by molar-refractivity contribution is 5.61. The third-order valence-electron chi connectivity index (χ3n) is 2.15. The van der Waals surface area contributed by atoms with Gasteiger partial charge in [0.05, 0.1) is 22.0 Å². The average molecular weight is 280 g/mol. The van der Waals surface area contributed by atoms with E-state index in [2.05, 4.69) is 13.2 Å². The highest BCUT2D eigenvalue weighted by Gasteiger charge is 2.26. The van der Waals surface area contributed by atoms with Crippen LogP contribution in [-0.2, 0) is 0 Å². The Morgan fingerprint density at radius 2 is 1.30 bits per heavy atom. The summed E-state index contributed by atoms with van der Waals surface area (Å²) in [5.74, 6) is -0.430. The van der Waals surface area contributed by atoms with E-state index in [1.54, 1.807) is 0 Å². The first-order valence-electron chi connectivity index (χ1n) is 5.45. The number of nitro groups is 2. The zero-order valence-corrected chi connectivity index (χ0v) is 10.5. The fraction of sp³-hybridized carbons (Fsp3) is 0.167. The van der Waals surface area contributed by atoms with Gasteiger partial charge in [0.1, 0.15) is 13.2 Å². The molecule has 1 aromatic carbocycles. The number of hydrogen-bond acceptors (Lipinski definition) is 6. The van der Waals surface area contributed by atoms with Gasteiger partial charge in [-0.05, 0) is 0 Å². The second-order valence-electron chi connectivity index (χ2n) is 3.50. The van der Waals surface area contributed by atoms with E-state index in [0.717, 1.165) is 12.1 Å². The summed E-state index contributed by atoms with van der Waals surface area (Å²) >= 11 is 0. The molecule has 1 aromatic rings. The molecule has 106 valence electrons. The van der Waals surface area contributed by atoms with Gasteiger partial charge in [-0.2, -0.15) is 0 Å². The zero-order valence-electron chi connectivity index (χ0n) is 10.5. The van der Waals surface area contributed by atoms with Gasteiger partial charge < -0.3 is 9.47 Å². The van der Waals surface area contributed by atoms with E-state index in [0.29, 0.717) is 0 Å². The molecule has 20 heavy (non-hydrogen) atoms. The summed E-state index contributed by atoms with van der Waals surface area (Å²) < 4.78 is 10.1. The van der Waals surface area contributed by atoms with Crippen LogP contribution in [-0.4, -0.2) is 23.1 Å². The average Bonchev–Trinajstić information content (AvgIpc) is 2.42. The Labute approximate surface area is 114 Å². The summed E-state index contributed by atoms with van der Waals surface area (Å²) in [4.78, 5) is 20.5. The maximum absolute atomic E-state index is 10.9. The monoisotopic (exact) mass is 280 g/mol. The molecular formula is C12H12N2O6. The Bertz CT molecular complexity index is 505. The predicted molar refractivity (Wildman–Crippen MR) is 71.1 cm³/mol. The Hall–Kier alpha value is -2.90. The first-order valence-corrected chi connectivity index (χ1v) is 5.45. The SMILES string of the molecule is C=CCOc1cc([N+](=O)[O-])c(OCC=C)cc1[N+](=O)[O-]. The summed E-state index contributed by atoms with van der Waals surface area (Å²) in [6, 6.07) is 1.92. The molecule has 8 nitrogen and oxygen atoms in total. The van der Waals surface area contributed by atoms with E-state index in [-0.39, 0.29) is 24.7 Å². The number of benzene rings is 1. The van der Waals surface area contributed by atoms with E-state index in [1.165, 1.54) is 12.2 Å². The summed E-state index contributed by atoms with van der Waals surface area (Å²) in [6.45, 7) is 6.78. The van der Waals surface area contributed by atoms with E-state index in [4.69, 9.17) is 9.47 Å². The molecular weight excluding hydrogens is 268 g/mol. The second kappa shape index (κ2) is 6.88. The largest absolute Gasteiger partial charge is 0.482 e. The first-order chi connectivity index (χ1) is 9.51. The van der Waals surface area contributed by atoms with Crippen LogP contribution >= 0.6 is 0 Å². The molecule has 0 N–H and O–H groups in total. The quantitative estimate of drug-likeness (QED) is 0.411. The van der Waals surface area contributed by atoms with Crippen molar-refractivity contribution in [2.24, 2.45) is 0 Å². The standard InChI is InChI=1S/C12H12N2O6/c1-3-5-19-11-7-10(14(17)18)12(20-6-4-2)8-9(11)13(15)16/h3-4,7-8H,1-2,5-6H2. The summed E-state index contributed by atoms with van der Waals surface area (Å²) in [5, 5.41) is 21.9. The van der Waals surface area contributed by atoms with Gasteiger partial charge in [-0.15, -0.1) is 0 Å². The van der Waals surface area contributed by atoms with Gasteiger partial charge >= 0.3 is 11.4 Å². The van der Waals surface area contributed by atoms with Crippen molar-refractivity contribution in [3.63, 3.8) is 0 Å². The molecule has 1 rings (SSSR count). The van der Waals surface area contributed by atoms with Crippen LogP contribution in [0.4, 0.5) is 11.4 Å². The predicted octanol–water partition coefficient (Wildman–Crippen LogP) is 2.63. The minimum atomic E-state index is -0.705. The molecule has 0 bridgehead atoms. The first kappa shape index (κ1) is 15.2. The van der Waals surface area contributed by atoms with Crippen molar-refractivity contribution < 1.29 is 19.3 Å². The highest BCUT2D eigenvalue weighted by Crippen LogP contribution is 2.39. The third-order valence-corrected chi connectivity index (χ3v) is 2.15. The molecule has 0 atom stereocenters. The van der Waals surface area contributed by atoms with Crippen molar-refractivity contribution in [3.8, 4) is 11.5 Å². The van der Waals surface area contributed by atoms with Crippen molar-refractivity contribution in [2.45, 2.75) is 0 Å². The lowest BCUT2D eigenvalue weighted by atomic mass is 10.2. The molecule has 0 heterocycles. The van der Waals surface area contributed by atoms with E-state index >= 15 is 0 Å². The van der Waals surface area contributed by atoms with Gasteiger partial charge in [0.25, 0.3) is 0 Å². The lowest BCUT2D eigenvalue weighted by Crippen LogP contribution is -2.03. The summed E-state index contributed by atoms with van der Waals surface area (Å²) in [6.07, 6.45) is 2.75. The van der Waals surface area contributed by atoms with Crippen LogP contribution in [0.5, 0.6) is 11.5 Å². The minimum Gasteiger partial charge on any atom is -0.482 e. The second-order valence-corrected chi connectivity index (χ2v) is 3.50. The van der Waals surface area contributed by atoms with Crippen LogP contribution in [0.2, 0.25) is 0 Å². The molecule has 0 aliphatic carbocycles. The van der Waals surface area contributed by atoms with Gasteiger partial charge in [-0.25, -0.2) is 0 Å². The molecule has 0 aliphatic rings. The van der Waals surface area contributed by atoms with Crippen LogP contribution in [0.1, 0.15) is 0 Å². The van der Waals surface area contributed by atoms with Crippen LogP contribution in [0.25, 0.3) is 0 Å². The molecule has 0 radical (unpaired) electrons. The van der Waals surface area contributed by atoms with Crippen molar-refractivity contribution in [2.75, 3.05) is 13.2 Å². The van der Waals surface area contributed by atoms with Gasteiger partial charge in [0.2, 0.25) is 11.5 Å². The highest BCUT2D eigenvalue weighted by atomic mass is 16.6. The van der Waals surface area contributed by atoms with Gasteiger partial charge in [0.15, 0.2) is 0 Å². The summed E-state index contributed by atoms with van der Waals surface area (Å²) in [7, 11) is 0. The Morgan fingerprint density at radius 1 is 0.950 bits per heavy atom. The Balaban J connectivity index is 3.33. The Morgan fingerprint density at radius 3 is 1.55 bits per heavy atom. The fourth-order valence-electron chi connectivity index (χ4n) is 1.35. The fourth-order valence-corrected chi connectivity index (χ4v) is 1.35.